The number of morpholine rings is 1. The Hall–Kier alpha value is -2.68. The van der Waals surface area contributed by atoms with E-state index in [1.807, 2.05) is 38.2 Å². The summed E-state index contributed by atoms with van der Waals surface area (Å²) in [5.74, 6) is -0.225. The van der Waals surface area contributed by atoms with Gasteiger partial charge in [0, 0.05) is 42.3 Å². The van der Waals surface area contributed by atoms with Crippen molar-refractivity contribution in [2.24, 2.45) is 0 Å². The van der Waals surface area contributed by atoms with Gasteiger partial charge >= 0.3 is 0 Å². The van der Waals surface area contributed by atoms with Crippen molar-refractivity contribution in [3.05, 3.63) is 65.9 Å². The van der Waals surface area contributed by atoms with Crippen LogP contribution in [0.2, 0.25) is 0 Å². The Morgan fingerprint density at radius 3 is 2.48 bits per heavy atom. The van der Waals surface area contributed by atoms with Crippen LogP contribution in [-0.4, -0.2) is 55.5 Å². The average molecular weight is 442 g/mol. The second-order valence-electron chi connectivity index (χ2n) is 7.97. The number of hydrogen-bond acceptors (Lipinski definition) is 4. The SMILES string of the molecule is CC1CN(S(=O)(=O)c2ccc(C(=O)NCCc3c[nH]c4ccccc34)cc2)CC(C)O1. The van der Waals surface area contributed by atoms with Gasteiger partial charge in [-0.3, -0.25) is 4.79 Å². The van der Waals surface area contributed by atoms with Gasteiger partial charge in [-0.1, -0.05) is 18.2 Å². The van der Waals surface area contributed by atoms with Crippen LogP contribution >= 0.6 is 0 Å². The predicted molar refractivity (Wildman–Crippen MR) is 120 cm³/mol. The van der Waals surface area contributed by atoms with Crippen LogP contribution < -0.4 is 5.32 Å². The summed E-state index contributed by atoms with van der Waals surface area (Å²) in [5, 5.41) is 4.06. The fourth-order valence-electron chi connectivity index (χ4n) is 4.01. The fraction of sp³-hybridized carbons (Fsp3) is 0.348. The number of fused-ring (bicyclic) bond motifs is 1. The molecule has 2 unspecified atom stereocenters. The molecular weight excluding hydrogens is 414 g/mol. The molecule has 31 heavy (non-hydrogen) atoms. The van der Waals surface area contributed by atoms with Crippen LogP contribution in [0, 0.1) is 0 Å². The van der Waals surface area contributed by atoms with Gasteiger partial charge < -0.3 is 15.0 Å². The van der Waals surface area contributed by atoms with Crippen LogP contribution in [-0.2, 0) is 21.2 Å². The number of amides is 1. The molecule has 1 aliphatic heterocycles. The van der Waals surface area contributed by atoms with Crippen molar-refractivity contribution >= 4 is 26.8 Å². The van der Waals surface area contributed by atoms with E-state index in [9.17, 15) is 13.2 Å². The number of para-hydroxylation sites is 1. The number of sulfonamides is 1. The number of benzene rings is 2. The number of ether oxygens (including phenoxy) is 1. The van der Waals surface area contributed by atoms with Crippen molar-refractivity contribution in [2.75, 3.05) is 19.6 Å². The topological polar surface area (TPSA) is 91.5 Å². The normalized spacial score (nSPS) is 20.1. The summed E-state index contributed by atoms with van der Waals surface area (Å²) in [4.78, 5) is 15.9. The molecule has 164 valence electrons. The quantitative estimate of drug-likeness (QED) is 0.615. The minimum Gasteiger partial charge on any atom is -0.373 e. The van der Waals surface area contributed by atoms with E-state index in [0.717, 1.165) is 16.5 Å². The Balaban J connectivity index is 1.37. The number of aromatic amines is 1. The molecule has 2 heterocycles. The van der Waals surface area contributed by atoms with Gasteiger partial charge in [-0.05, 0) is 56.2 Å². The summed E-state index contributed by atoms with van der Waals surface area (Å²) in [6.45, 7) is 4.86. The second kappa shape index (κ2) is 8.82. The number of H-pyrrole nitrogens is 1. The van der Waals surface area contributed by atoms with Gasteiger partial charge in [0.1, 0.15) is 0 Å². The molecule has 8 heteroatoms. The summed E-state index contributed by atoms with van der Waals surface area (Å²) in [6.07, 6.45) is 2.36. The highest BCUT2D eigenvalue weighted by molar-refractivity contribution is 7.89. The molecule has 2 atom stereocenters. The zero-order chi connectivity index (χ0) is 22.0. The first-order valence-electron chi connectivity index (χ1n) is 10.4. The van der Waals surface area contributed by atoms with Gasteiger partial charge in [-0.25, -0.2) is 8.42 Å². The van der Waals surface area contributed by atoms with Crippen LogP contribution in [0.1, 0.15) is 29.8 Å². The first-order chi connectivity index (χ1) is 14.8. The lowest BCUT2D eigenvalue weighted by molar-refractivity contribution is -0.0440. The maximum Gasteiger partial charge on any atom is 0.251 e. The molecule has 1 saturated heterocycles. The highest BCUT2D eigenvalue weighted by Crippen LogP contribution is 2.22. The number of nitrogens with zero attached hydrogens (tertiary/aromatic N) is 1. The van der Waals surface area contributed by atoms with Crippen LogP contribution in [0.5, 0.6) is 0 Å². The molecule has 2 aromatic carbocycles. The molecule has 3 aromatic rings. The Morgan fingerprint density at radius 1 is 1.10 bits per heavy atom. The van der Waals surface area contributed by atoms with E-state index in [0.29, 0.717) is 31.6 Å². The Bertz CT molecular complexity index is 1160. The summed E-state index contributed by atoms with van der Waals surface area (Å²) in [7, 11) is -3.62. The average Bonchev–Trinajstić information content (AvgIpc) is 3.16. The number of carbonyl (C=O) groups excluding carboxylic acids is 1. The molecule has 0 aliphatic carbocycles. The van der Waals surface area contributed by atoms with E-state index in [-0.39, 0.29) is 23.0 Å². The maximum absolute atomic E-state index is 12.9. The van der Waals surface area contributed by atoms with Crippen molar-refractivity contribution in [1.29, 1.82) is 0 Å². The van der Waals surface area contributed by atoms with Crippen LogP contribution in [0.15, 0.2) is 59.6 Å². The van der Waals surface area contributed by atoms with Crippen molar-refractivity contribution in [3.8, 4) is 0 Å². The number of nitrogens with one attached hydrogen (secondary N) is 2. The molecule has 0 saturated carbocycles. The summed E-state index contributed by atoms with van der Waals surface area (Å²) >= 11 is 0. The van der Waals surface area contributed by atoms with E-state index in [1.54, 1.807) is 12.1 Å². The summed E-state index contributed by atoms with van der Waals surface area (Å²) in [5.41, 5.74) is 2.65. The van der Waals surface area contributed by atoms with Gasteiger partial charge in [0.2, 0.25) is 10.0 Å². The summed E-state index contributed by atoms with van der Waals surface area (Å²) < 4.78 is 32.9. The Labute approximate surface area is 182 Å². The van der Waals surface area contributed by atoms with E-state index < -0.39 is 10.0 Å². The molecule has 7 nitrogen and oxygen atoms in total. The molecule has 1 aromatic heterocycles. The van der Waals surface area contributed by atoms with Gasteiger partial charge in [0.05, 0.1) is 17.1 Å². The lowest BCUT2D eigenvalue weighted by Crippen LogP contribution is -2.48. The third-order valence-electron chi connectivity index (χ3n) is 5.50. The molecule has 1 fully saturated rings. The van der Waals surface area contributed by atoms with Crippen molar-refractivity contribution < 1.29 is 17.9 Å². The molecule has 1 aliphatic rings. The van der Waals surface area contributed by atoms with Crippen molar-refractivity contribution in [3.63, 3.8) is 0 Å². The zero-order valence-electron chi connectivity index (χ0n) is 17.7. The van der Waals surface area contributed by atoms with E-state index in [4.69, 9.17) is 4.74 Å². The fourth-order valence-corrected chi connectivity index (χ4v) is 5.60. The number of hydrogen-bond donors (Lipinski definition) is 2. The molecule has 4 rings (SSSR count). The molecule has 0 radical (unpaired) electrons. The highest BCUT2D eigenvalue weighted by atomic mass is 32.2. The number of carbonyl (C=O) groups is 1. The van der Waals surface area contributed by atoms with E-state index in [1.165, 1.54) is 16.4 Å². The monoisotopic (exact) mass is 441 g/mol. The standard InChI is InChI=1S/C23H27N3O4S/c1-16-14-26(15-17(2)30-16)31(28,29)20-9-7-18(8-10-20)23(27)24-12-11-19-13-25-22-6-4-3-5-21(19)22/h3-10,13,16-17,25H,11-12,14-15H2,1-2H3,(H,24,27). The van der Waals surface area contributed by atoms with Crippen molar-refractivity contribution in [2.45, 2.75) is 37.4 Å². The van der Waals surface area contributed by atoms with Crippen LogP contribution in [0.3, 0.4) is 0 Å². The second-order valence-corrected chi connectivity index (χ2v) is 9.91. The predicted octanol–water partition coefficient (Wildman–Crippen LogP) is 2.94. The Morgan fingerprint density at radius 2 is 1.77 bits per heavy atom. The minimum absolute atomic E-state index is 0.152. The van der Waals surface area contributed by atoms with Gasteiger partial charge in [0.15, 0.2) is 0 Å². The molecule has 0 bridgehead atoms. The number of aromatic nitrogens is 1. The van der Waals surface area contributed by atoms with E-state index >= 15 is 0 Å². The first kappa shape index (κ1) is 21.5. The van der Waals surface area contributed by atoms with E-state index in [2.05, 4.69) is 16.4 Å². The maximum atomic E-state index is 12.9. The summed E-state index contributed by atoms with van der Waals surface area (Å²) in [6, 6.07) is 14.1. The molecule has 2 N–H and O–H groups in total. The lowest BCUT2D eigenvalue weighted by Gasteiger charge is -2.34. The number of rotatable bonds is 6. The third kappa shape index (κ3) is 4.66. The van der Waals surface area contributed by atoms with Gasteiger partial charge in [-0.2, -0.15) is 4.31 Å². The van der Waals surface area contributed by atoms with Crippen molar-refractivity contribution in [1.82, 2.24) is 14.6 Å². The Kier molecular flexibility index (Phi) is 6.13. The first-order valence-corrected chi connectivity index (χ1v) is 11.9. The lowest BCUT2D eigenvalue weighted by atomic mass is 10.1. The third-order valence-corrected chi connectivity index (χ3v) is 7.34. The van der Waals surface area contributed by atoms with Gasteiger partial charge in [0.25, 0.3) is 5.91 Å². The van der Waals surface area contributed by atoms with Crippen LogP contribution in [0.25, 0.3) is 10.9 Å². The van der Waals surface area contributed by atoms with Gasteiger partial charge in [-0.15, -0.1) is 0 Å². The zero-order valence-corrected chi connectivity index (χ0v) is 18.5. The molecule has 1 amide bonds. The molecular formula is C23H27N3O4S. The largest absolute Gasteiger partial charge is 0.373 e. The smallest absolute Gasteiger partial charge is 0.251 e. The highest BCUT2D eigenvalue weighted by Gasteiger charge is 2.32. The molecule has 0 spiro atoms. The minimum atomic E-state index is -3.62. The van der Waals surface area contributed by atoms with Crippen LogP contribution in [0.4, 0.5) is 0 Å².